The molecule has 0 saturated carbocycles. The Bertz CT molecular complexity index is 483. The zero-order valence-corrected chi connectivity index (χ0v) is 8.06. The largest absolute Gasteiger partial charge is 0.481 e. The predicted molar refractivity (Wildman–Crippen MR) is 50.3 cm³/mol. The molecule has 2 aromatic heterocycles. The lowest BCUT2D eigenvalue weighted by molar-refractivity contribution is -0.136. The molecule has 5 nitrogen and oxygen atoms in total. The third-order valence-electron chi connectivity index (χ3n) is 1.94. The first kappa shape index (κ1) is 9.51. The van der Waals surface area contributed by atoms with E-state index in [2.05, 4.69) is 5.16 Å². The summed E-state index contributed by atoms with van der Waals surface area (Å²) in [6.45, 7) is 1.88. The summed E-state index contributed by atoms with van der Waals surface area (Å²) in [5.74, 6) is -0.0468. The average molecular weight is 207 g/mol. The Morgan fingerprint density at radius 1 is 1.60 bits per heavy atom. The molecule has 0 spiro atoms. The van der Waals surface area contributed by atoms with Crippen molar-refractivity contribution >= 4 is 5.97 Å². The average Bonchev–Trinajstić information content (AvgIpc) is 2.72. The van der Waals surface area contributed by atoms with Crippen LogP contribution < -0.4 is 0 Å². The number of carboxylic acids is 1. The van der Waals surface area contributed by atoms with Gasteiger partial charge < -0.3 is 14.0 Å². The topological polar surface area (TPSA) is 76.5 Å². The minimum atomic E-state index is -0.928. The molecule has 5 heteroatoms. The van der Waals surface area contributed by atoms with E-state index in [9.17, 15) is 4.79 Å². The SMILES string of the molecule is Cc1coc(-c2oncc2CC(=O)O)c1. The van der Waals surface area contributed by atoms with Crippen molar-refractivity contribution in [2.75, 3.05) is 0 Å². The molecule has 0 atom stereocenters. The van der Waals surface area contributed by atoms with Gasteiger partial charge in [-0.25, -0.2) is 0 Å². The van der Waals surface area contributed by atoms with Gasteiger partial charge in [0.2, 0.25) is 5.76 Å². The highest BCUT2D eigenvalue weighted by atomic mass is 16.5. The van der Waals surface area contributed by atoms with Crippen molar-refractivity contribution in [3.8, 4) is 11.5 Å². The van der Waals surface area contributed by atoms with E-state index in [1.807, 2.05) is 6.92 Å². The highest BCUT2D eigenvalue weighted by Gasteiger charge is 2.16. The van der Waals surface area contributed by atoms with Crippen molar-refractivity contribution in [1.29, 1.82) is 0 Å². The molecule has 0 amide bonds. The predicted octanol–water partition coefficient (Wildman–Crippen LogP) is 1.87. The fourth-order valence-corrected chi connectivity index (χ4v) is 1.30. The van der Waals surface area contributed by atoms with Gasteiger partial charge in [0.15, 0.2) is 5.76 Å². The van der Waals surface area contributed by atoms with E-state index >= 15 is 0 Å². The number of hydrogen-bond donors (Lipinski definition) is 1. The summed E-state index contributed by atoms with van der Waals surface area (Å²) in [5.41, 5.74) is 1.46. The van der Waals surface area contributed by atoms with E-state index in [1.165, 1.54) is 6.20 Å². The second kappa shape index (κ2) is 3.61. The zero-order chi connectivity index (χ0) is 10.8. The first-order chi connectivity index (χ1) is 7.16. The van der Waals surface area contributed by atoms with Crippen molar-refractivity contribution in [3.63, 3.8) is 0 Å². The summed E-state index contributed by atoms with van der Waals surface area (Å²) in [5, 5.41) is 12.2. The molecular weight excluding hydrogens is 198 g/mol. The van der Waals surface area contributed by atoms with Gasteiger partial charge in [-0.15, -0.1) is 0 Å². The molecule has 0 unspecified atom stereocenters. The summed E-state index contributed by atoms with van der Waals surface area (Å²) in [7, 11) is 0. The second-order valence-corrected chi connectivity index (χ2v) is 3.24. The van der Waals surface area contributed by atoms with Crippen molar-refractivity contribution in [2.45, 2.75) is 13.3 Å². The minimum Gasteiger partial charge on any atom is -0.481 e. The number of rotatable bonds is 3. The third-order valence-corrected chi connectivity index (χ3v) is 1.94. The van der Waals surface area contributed by atoms with Crippen molar-refractivity contribution in [2.24, 2.45) is 0 Å². The smallest absolute Gasteiger partial charge is 0.308 e. The van der Waals surface area contributed by atoms with Crippen molar-refractivity contribution < 1.29 is 18.8 Å². The third kappa shape index (κ3) is 1.90. The van der Waals surface area contributed by atoms with Gasteiger partial charge in [0.05, 0.1) is 18.9 Å². The van der Waals surface area contributed by atoms with Crippen molar-refractivity contribution in [1.82, 2.24) is 5.16 Å². The van der Waals surface area contributed by atoms with E-state index in [1.54, 1.807) is 12.3 Å². The molecule has 0 saturated heterocycles. The van der Waals surface area contributed by atoms with Gasteiger partial charge in [-0.2, -0.15) is 0 Å². The van der Waals surface area contributed by atoms with Gasteiger partial charge in [0.1, 0.15) is 0 Å². The second-order valence-electron chi connectivity index (χ2n) is 3.24. The van der Waals surface area contributed by atoms with Gasteiger partial charge in [0, 0.05) is 5.56 Å². The van der Waals surface area contributed by atoms with E-state index in [0.717, 1.165) is 5.56 Å². The van der Waals surface area contributed by atoms with Crippen LogP contribution in [0.1, 0.15) is 11.1 Å². The molecule has 1 N–H and O–H groups in total. The highest BCUT2D eigenvalue weighted by Crippen LogP contribution is 2.25. The number of furan rings is 1. The van der Waals surface area contributed by atoms with E-state index in [4.69, 9.17) is 14.0 Å². The Morgan fingerprint density at radius 2 is 2.40 bits per heavy atom. The molecule has 2 aromatic rings. The molecule has 0 fully saturated rings. The minimum absolute atomic E-state index is 0.126. The molecule has 0 aromatic carbocycles. The molecule has 0 bridgehead atoms. The Kier molecular flexibility index (Phi) is 2.29. The maximum Gasteiger partial charge on any atom is 0.308 e. The maximum absolute atomic E-state index is 10.6. The standard InChI is InChI=1S/C10H9NO4/c1-6-2-8(14-5-6)10-7(3-9(12)13)4-11-15-10/h2,4-5H,3H2,1H3,(H,12,13). The molecule has 2 heterocycles. The lowest BCUT2D eigenvalue weighted by Crippen LogP contribution is -1.99. The first-order valence-electron chi connectivity index (χ1n) is 4.37. The Morgan fingerprint density at radius 3 is 3.00 bits per heavy atom. The molecule has 2 rings (SSSR count). The maximum atomic E-state index is 10.6. The summed E-state index contributed by atoms with van der Waals surface area (Å²) in [6, 6.07) is 1.77. The van der Waals surface area contributed by atoms with Crippen LogP contribution in [-0.2, 0) is 11.2 Å². The van der Waals surface area contributed by atoms with E-state index < -0.39 is 5.97 Å². The van der Waals surface area contributed by atoms with E-state index in [-0.39, 0.29) is 6.42 Å². The Labute approximate surface area is 85.3 Å². The summed E-state index contributed by atoms with van der Waals surface area (Å²) in [4.78, 5) is 10.6. The number of hydrogen-bond acceptors (Lipinski definition) is 4. The summed E-state index contributed by atoms with van der Waals surface area (Å²) >= 11 is 0. The molecule has 0 aliphatic rings. The fraction of sp³-hybridized carbons (Fsp3) is 0.200. The summed E-state index contributed by atoms with van der Waals surface area (Å²) < 4.78 is 10.2. The van der Waals surface area contributed by atoms with Gasteiger partial charge >= 0.3 is 5.97 Å². The normalized spacial score (nSPS) is 10.5. The van der Waals surface area contributed by atoms with Crippen LogP contribution in [0.3, 0.4) is 0 Å². The number of aromatic nitrogens is 1. The van der Waals surface area contributed by atoms with E-state index in [0.29, 0.717) is 17.1 Å². The van der Waals surface area contributed by atoms with Crippen LogP contribution in [0.4, 0.5) is 0 Å². The number of aryl methyl sites for hydroxylation is 1. The van der Waals surface area contributed by atoms with Crippen LogP contribution in [0.5, 0.6) is 0 Å². The molecule has 0 aliphatic heterocycles. The molecule has 78 valence electrons. The Hall–Kier alpha value is -2.04. The Balaban J connectivity index is 2.36. The zero-order valence-electron chi connectivity index (χ0n) is 8.06. The number of aliphatic carboxylic acids is 1. The lowest BCUT2D eigenvalue weighted by atomic mass is 10.1. The van der Waals surface area contributed by atoms with Crippen LogP contribution in [0.15, 0.2) is 27.5 Å². The van der Waals surface area contributed by atoms with Gasteiger partial charge in [-0.05, 0) is 18.6 Å². The monoisotopic (exact) mass is 207 g/mol. The molecule has 15 heavy (non-hydrogen) atoms. The van der Waals surface area contributed by atoms with Crippen LogP contribution in [0.2, 0.25) is 0 Å². The lowest BCUT2D eigenvalue weighted by Gasteiger charge is -1.93. The number of carbonyl (C=O) groups is 1. The fourth-order valence-electron chi connectivity index (χ4n) is 1.30. The van der Waals surface area contributed by atoms with Gasteiger partial charge in [0.25, 0.3) is 0 Å². The van der Waals surface area contributed by atoms with Crippen LogP contribution in [0, 0.1) is 6.92 Å². The molecule has 0 radical (unpaired) electrons. The van der Waals surface area contributed by atoms with Gasteiger partial charge in [-0.1, -0.05) is 5.16 Å². The number of nitrogens with zero attached hydrogens (tertiary/aromatic N) is 1. The quantitative estimate of drug-likeness (QED) is 0.831. The van der Waals surface area contributed by atoms with Crippen LogP contribution in [0.25, 0.3) is 11.5 Å². The van der Waals surface area contributed by atoms with Crippen LogP contribution in [-0.4, -0.2) is 16.2 Å². The molecule has 0 aliphatic carbocycles. The van der Waals surface area contributed by atoms with Crippen molar-refractivity contribution in [3.05, 3.63) is 29.7 Å². The number of carboxylic acid groups (broad SMARTS) is 1. The highest BCUT2D eigenvalue weighted by molar-refractivity contribution is 5.73. The first-order valence-corrected chi connectivity index (χ1v) is 4.37. The van der Waals surface area contributed by atoms with Gasteiger partial charge in [-0.3, -0.25) is 4.79 Å². The summed E-state index contributed by atoms with van der Waals surface area (Å²) in [6.07, 6.45) is 2.84. The molecular formula is C10H9NO4. The van der Waals surface area contributed by atoms with Crippen LogP contribution >= 0.6 is 0 Å².